The quantitative estimate of drug-likeness (QED) is 0.349. The monoisotopic (exact) mass is 452 g/mol. The van der Waals surface area contributed by atoms with Crippen LogP contribution in [0.15, 0.2) is 28.7 Å². The van der Waals surface area contributed by atoms with E-state index >= 15 is 0 Å². The molecule has 0 spiro atoms. The maximum absolute atomic E-state index is 13.2. The van der Waals surface area contributed by atoms with Crippen LogP contribution in [0.4, 0.5) is 11.0 Å². The number of anilines is 1. The minimum Gasteiger partial charge on any atom is -0.494 e. The summed E-state index contributed by atoms with van der Waals surface area (Å²) in [6.07, 6.45) is 0. The normalized spacial score (nSPS) is 11.2. The molecule has 30 heavy (non-hydrogen) atoms. The number of halogens is 1. The number of furan rings is 1. The predicted octanol–water partition coefficient (Wildman–Crippen LogP) is 4.45. The van der Waals surface area contributed by atoms with Crippen LogP contribution in [0.1, 0.15) is 24.4 Å². The summed E-state index contributed by atoms with van der Waals surface area (Å²) < 4.78 is 11.2. The van der Waals surface area contributed by atoms with Gasteiger partial charge in [-0.15, -0.1) is 0 Å². The van der Waals surface area contributed by atoms with Gasteiger partial charge in [0.15, 0.2) is 10.9 Å². The molecule has 0 saturated carbocycles. The van der Waals surface area contributed by atoms with Crippen molar-refractivity contribution in [2.45, 2.75) is 13.8 Å². The average molecular weight is 453 g/mol. The maximum atomic E-state index is 13.2. The van der Waals surface area contributed by atoms with E-state index in [0.29, 0.717) is 39.2 Å². The lowest BCUT2D eigenvalue weighted by molar-refractivity contribution is -0.402. The Balaban J connectivity index is 2.02. The van der Waals surface area contributed by atoms with Crippen LogP contribution in [-0.2, 0) is 0 Å². The summed E-state index contributed by atoms with van der Waals surface area (Å²) in [4.78, 5) is 31.6. The molecule has 3 aromatic rings. The lowest BCUT2D eigenvalue weighted by Crippen LogP contribution is -2.38. The van der Waals surface area contributed by atoms with E-state index < -0.39 is 16.7 Å². The number of thiazole rings is 1. The molecule has 2 aromatic heterocycles. The highest BCUT2D eigenvalue weighted by Crippen LogP contribution is 2.39. The summed E-state index contributed by atoms with van der Waals surface area (Å²) in [5.74, 6) is -0.583. The Labute approximate surface area is 181 Å². The molecule has 3 rings (SSSR count). The molecular formula is C19H21ClN4O5S. The zero-order chi connectivity index (χ0) is 21.8. The van der Waals surface area contributed by atoms with E-state index in [2.05, 4.69) is 9.88 Å². The number of likely N-dealkylation sites (N-methyl/N-ethyl adjacent to an activating group) is 1. The summed E-state index contributed by atoms with van der Waals surface area (Å²) in [5.41, 5.74) is 0.552. The van der Waals surface area contributed by atoms with Gasteiger partial charge in [0.05, 0.1) is 22.9 Å². The molecule has 0 radical (unpaired) electrons. The second kappa shape index (κ2) is 9.41. The van der Waals surface area contributed by atoms with E-state index in [1.165, 1.54) is 29.4 Å². The number of rotatable bonds is 9. The fourth-order valence-corrected chi connectivity index (χ4v) is 4.24. The number of carbonyl (C=O) groups is 1. The molecule has 0 unspecified atom stereocenters. The highest BCUT2D eigenvalue weighted by molar-refractivity contribution is 7.23. The Morgan fingerprint density at radius 3 is 2.60 bits per heavy atom. The number of carbonyl (C=O) groups excluding carboxylic acids is 1. The van der Waals surface area contributed by atoms with Gasteiger partial charge in [-0.2, -0.15) is 0 Å². The summed E-state index contributed by atoms with van der Waals surface area (Å²) >= 11 is 7.57. The summed E-state index contributed by atoms with van der Waals surface area (Å²) in [6.45, 7) is 6.65. The first-order valence-electron chi connectivity index (χ1n) is 9.31. The molecule has 160 valence electrons. The van der Waals surface area contributed by atoms with Gasteiger partial charge in [-0.25, -0.2) is 4.98 Å². The van der Waals surface area contributed by atoms with Gasteiger partial charge in [0.25, 0.3) is 5.91 Å². The predicted molar refractivity (Wildman–Crippen MR) is 116 cm³/mol. The minimum atomic E-state index is -0.681. The van der Waals surface area contributed by atoms with E-state index in [0.717, 1.165) is 19.2 Å². The molecule has 0 aliphatic carbocycles. The van der Waals surface area contributed by atoms with Crippen LogP contribution in [0.5, 0.6) is 5.75 Å². The zero-order valence-electron chi connectivity index (χ0n) is 16.8. The molecule has 0 saturated heterocycles. The molecule has 0 atom stereocenters. The third kappa shape index (κ3) is 4.40. The summed E-state index contributed by atoms with van der Waals surface area (Å²) in [7, 11) is 1.53. The molecule has 0 bridgehead atoms. The van der Waals surface area contributed by atoms with Crippen molar-refractivity contribution in [3.8, 4) is 5.75 Å². The van der Waals surface area contributed by atoms with E-state index in [9.17, 15) is 14.9 Å². The first kappa shape index (κ1) is 22.0. The van der Waals surface area contributed by atoms with Crippen LogP contribution in [0, 0.1) is 10.1 Å². The molecule has 0 fully saturated rings. The van der Waals surface area contributed by atoms with Crippen LogP contribution >= 0.6 is 22.9 Å². The fourth-order valence-electron chi connectivity index (χ4n) is 2.96. The fraction of sp³-hybridized carbons (Fsp3) is 0.368. The standard InChI is InChI=1S/C19H21ClN4O5S/c1-4-22(5-2)10-11-23(18(25)14-8-9-15(29-14)24(26)27)19-21-16-13(28-3)7-6-12(20)17(16)30-19/h6-9H,4-5,10-11H2,1-3H3. The van der Waals surface area contributed by atoms with Crippen molar-refractivity contribution < 1.29 is 18.9 Å². The van der Waals surface area contributed by atoms with Gasteiger partial charge in [0.1, 0.15) is 16.2 Å². The van der Waals surface area contributed by atoms with Crippen molar-refractivity contribution in [2.24, 2.45) is 0 Å². The lowest BCUT2D eigenvalue weighted by Gasteiger charge is -2.23. The first-order chi connectivity index (χ1) is 14.4. The number of fused-ring (bicyclic) bond motifs is 1. The van der Waals surface area contributed by atoms with Gasteiger partial charge >= 0.3 is 5.88 Å². The Hall–Kier alpha value is -2.69. The van der Waals surface area contributed by atoms with Gasteiger partial charge in [-0.05, 0) is 31.3 Å². The summed E-state index contributed by atoms with van der Waals surface area (Å²) in [6, 6.07) is 5.88. The first-order valence-corrected chi connectivity index (χ1v) is 10.5. The van der Waals surface area contributed by atoms with Gasteiger partial charge in [0.2, 0.25) is 0 Å². The van der Waals surface area contributed by atoms with Crippen molar-refractivity contribution in [3.05, 3.63) is 45.2 Å². The van der Waals surface area contributed by atoms with Crippen LogP contribution in [0.25, 0.3) is 10.2 Å². The Morgan fingerprint density at radius 2 is 2.00 bits per heavy atom. The van der Waals surface area contributed by atoms with E-state index in [4.69, 9.17) is 20.8 Å². The smallest absolute Gasteiger partial charge is 0.433 e. The number of aromatic nitrogens is 1. The number of ether oxygens (including phenoxy) is 1. The van der Waals surface area contributed by atoms with Crippen LogP contribution in [-0.4, -0.2) is 54.0 Å². The molecule has 9 nitrogen and oxygen atoms in total. The molecule has 11 heteroatoms. The number of methoxy groups -OCH3 is 1. The highest BCUT2D eigenvalue weighted by Gasteiger charge is 2.27. The van der Waals surface area contributed by atoms with Gasteiger partial charge in [-0.1, -0.05) is 36.8 Å². The lowest BCUT2D eigenvalue weighted by atomic mass is 10.3. The number of benzene rings is 1. The molecule has 0 N–H and O–H groups in total. The van der Waals surface area contributed by atoms with Crippen molar-refractivity contribution in [2.75, 3.05) is 38.2 Å². The number of amides is 1. The number of nitrogens with zero attached hydrogens (tertiary/aromatic N) is 4. The number of hydrogen-bond donors (Lipinski definition) is 0. The minimum absolute atomic E-state index is 0.126. The Morgan fingerprint density at radius 1 is 1.27 bits per heavy atom. The van der Waals surface area contributed by atoms with Gasteiger partial charge < -0.3 is 14.1 Å². The zero-order valence-corrected chi connectivity index (χ0v) is 18.3. The molecule has 1 aromatic carbocycles. The second-order valence-corrected chi connectivity index (χ2v) is 7.69. The largest absolute Gasteiger partial charge is 0.494 e. The SMILES string of the molecule is CCN(CC)CCN(C(=O)c1ccc([N+](=O)[O-])o1)c1nc2c(OC)ccc(Cl)c2s1. The third-order valence-electron chi connectivity index (χ3n) is 4.66. The van der Waals surface area contributed by atoms with Gasteiger partial charge in [-0.3, -0.25) is 19.8 Å². The topological polar surface area (TPSA) is 102 Å². The number of hydrogen-bond acceptors (Lipinski definition) is 8. The van der Waals surface area contributed by atoms with Crippen LogP contribution in [0.3, 0.4) is 0 Å². The van der Waals surface area contributed by atoms with E-state index in [1.807, 2.05) is 13.8 Å². The Bertz CT molecular complexity index is 1060. The number of nitro groups is 1. The average Bonchev–Trinajstić information content (AvgIpc) is 3.39. The van der Waals surface area contributed by atoms with Crippen LogP contribution < -0.4 is 9.64 Å². The van der Waals surface area contributed by atoms with Gasteiger partial charge in [0, 0.05) is 13.1 Å². The van der Waals surface area contributed by atoms with E-state index in [-0.39, 0.29) is 5.76 Å². The highest BCUT2D eigenvalue weighted by atomic mass is 35.5. The molecular weight excluding hydrogens is 432 g/mol. The van der Waals surface area contributed by atoms with E-state index in [1.54, 1.807) is 12.1 Å². The maximum Gasteiger partial charge on any atom is 0.433 e. The second-order valence-electron chi connectivity index (χ2n) is 6.30. The van der Waals surface area contributed by atoms with Crippen LogP contribution in [0.2, 0.25) is 5.02 Å². The van der Waals surface area contributed by atoms with Crippen molar-refractivity contribution in [3.63, 3.8) is 0 Å². The molecule has 2 heterocycles. The molecule has 1 amide bonds. The van der Waals surface area contributed by atoms with Crippen molar-refractivity contribution in [1.82, 2.24) is 9.88 Å². The Kier molecular flexibility index (Phi) is 6.91. The summed E-state index contributed by atoms with van der Waals surface area (Å²) in [5, 5.41) is 11.8. The van der Waals surface area contributed by atoms with Crippen molar-refractivity contribution >= 4 is 50.1 Å². The third-order valence-corrected chi connectivity index (χ3v) is 6.20. The molecule has 0 aliphatic heterocycles. The van der Waals surface area contributed by atoms with Crippen molar-refractivity contribution in [1.29, 1.82) is 0 Å². The molecule has 0 aliphatic rings.